The zero-order chi connectivity index (χ0) is 14.5. The van der Waals surface area contributed by atoms with Crippen molar-refractivity contribution in [2.75, 3.05) is 6.54 Å². The van der Waals surface area contributed by atoms with Gasteiger partial charge >= 0.3 is 0 Å². The summed E-state index contributed by atoms with van der Waals surface area (Å²) in [6.45, 7) is 3.02. The second kappa shape index (κ2) is 7.60. The highest BCUT2D eigenvalue weighted by atomic mass is 79.9. The van der Waals surface area contributed by atoms with E-state index < -0.39 is 0 Å². The Morgan fingerprint density at radius 1 is 1.05 bits per heavy atom. The van der Waals surface area contributed by atoms with Crippen molar-refractivity contribution < 1.29 is 0 Å². The van der Waals surface area contributed by atoms with Gasteiger partial charge in [-0.2, -0.15) is 0 Å². The third kappa shape index (κ3) is 4.32. The van der Waals surface area contributed by atoms with Gasteiger partial charge in [0.1, 0.15) is 0 Å². The van der Waals surface area contributed by atoms with Crippen molar-refractivity contribution in [3.8, 4) is 0 Å². The van der Waals surface area contributed by atoms with Crippen molar-refractivity contribution in [3.05, 3.63) is 67.6 Å². The molecule has 0 heterocycles. The first-order valence-electron chi connectivity index (χ1n) is 6.53. The zero-order valence-corrected chi connectivity index (χ0v) is 15.1. The molecule has 2 rings (SSSR count). The molecule has 0 bridgehead atoms. The molecule has 0 fully saturated rings. The van der Waals surface area contributed by atoms with Gasteiger partial charge in [0.15, 0.2) is 0 Å². The van der Waals surface area contributed by atoms with Gasteiger partial charge in [0.05, 0.1) is 0 Å². The van der Waals surface area contributed by atoms with E-state index in [0.29, 0.717) is 0 Å². The minimum atomic E-state index is 0.224. The van der Waals surface area contributed by atoms with E-state index in [0.717, 1.165) is 32.5 Å². The molecule has 0 saturated heterocycles. The van der Waals surface area contributed by atoms with Crippen LogP contribution in [0.3, 0.4) is 0 Å². The van der Waals surface area contributed by atoms with Crippen molar-refractivity contribution in [2.24, 2.45) is 0 Å². The van der Waals surface area contributed by atoms with Gasteiger partial charge in [0.25, 0.3) is 0 Å². The number of hydrogen-bond donors (Lipinski definition) is 1. The Balaban J connectivity index is 2.24. The summed E-state index contributed by atoms with van der Waals surface area (Å²) in [7, 11) is 0. The fourth-order valence-corrected chi connectivity index (χ4v) is 3.25. The van der Waals surface area contributed by atoms with Crippen LogP contribution in [0.25, 0.3) is 0 Å². The van der Waals surface area contributed by atoms with Gasteiger partial charge in [-0.1, -0.05) is 68.6 Å². The van der Waals surface area contributed by atoms with E-state index >= 15 is 0 Å². The molecule has 0 aliphatic heterocycles. The molecular weight excluding hydrogens is 401 g/mol. The average molecular weight is 418 g/mol. The van der Waals surface area contributed by atoms with E-state index in [4.69, 9.17) is 11.6 Å². The first-order valence-corrected chi connectivity index (χ1v) is 8.49. The fourth-order valence-electron chi connectivity index (χ4n) is 2.18. The summed E-state index contributed by atoms with van der Waals surface area (Å²) in [5.74, 6) is 0. The lowest BCUT2D eigenvalue weighted by molar-refractivity contribution is 0.550. The number of benzene rings is 2. The molecule has 0 aromatic heterocycles. The summed E-state index contributed by atoms with van der Waals surface area (Å²) >= 11 is 13.3. The molecule has 0 spiro atoms. The van der Waals surface area contributed by atoms with Crippen molar-refractivity contribution in [3.63, 3.8) is 0 Å². The zero-order valence-electron chi connectivity index (χ0n) is 11.2. The Hall–Kier alpha value is -0.350. The second-order valence-electron chi connectivity index (χ2n) is 4.61. The van der Waals surface area contributed by atoms with Crippen LogP contribution in [-0.4, -0.2) is 6.54 Å². The van der Waals surface area contributed by atoms with E-state index in [1.165, 1.54) is 5.56 Å². The van der Waals surface area contributed by atoms with Crippen LogP contribution in [0.1, 0.15) is 24.1 Å². The molecule has 0 aliphatic carbocycles. The van der Waals surface area contributed by atoms with Gasteiger partial charge in [-0.15, -0.1) is 0 Å². The SMILES string of the molecule is CCNC(Cc1ccc(Br)cc1)c1ccc(Br)cc1Cl. The molecule has 1 atom stereocenters. The lowest BCUT2D eigenvalue weighted by atomic mass is 9.99. The number of hydrogen-bond acceptors (Lipinski definition) is 1. The topological polar surface area (TPSA) is 12.0 Å². The molecule has 0 amide bonds. The van der Waals surface area contributed by atoms with Crippen LogP contribution in [-0.2, 0) is 6.42 Å². The average Bonchev–Trinajstić information content (AvgIpc) is 2.41. The second-order valence-corrected chi connectivity index (χ2v) is 6.85. The van der Waals surface area contributed by atoms with Gasteiger partial charge in [0, 0.05) is 20.0 Å². The van der Waals surface area contributed by atoms with Gasteiger partial charge < -0.3 is 5.32 Å². The lowest BCUT2D eigenvalue weighted by Gasteiger charge is -2.20. The van der Waals surface area contributed by atoms with Crippen LogP contribution in [0, 0.1) is 0 Å². The van der Waals surface area contributed by atoms with E-state index in [-0.39, 0.29) is 6.04 Å². The molecule has 20 heavy (non-hydrogen) atoms. The molecule has 4 heteroatoms. The largest absolute Gasteiger partial charge is 0.310 e. The molecule has 2 aromatic rings. The van der Waals surface area contributed by atoms with E-state index in [1.807, 2.05) is 12.1 Å². The number of rotatable bonds is 5. The van der Waals surface area contributed by atoms with Gasteiger partial charge in [0.2, 0.25) is 0 Å². The summed E-state index contributed by atoms with van der Waals surface area (Å²) in [6, 6.07) is 14.7. The Labute approximate surface area is 142 Å². The Morgan fingerprint density at radius 3 is 2.30 bits per heavy atom. The molecule has 0 saturated carbocycles. The summed E-state index contributed by atoms with van der Waals surface area (Å²) in [6.07, 6.45) is 0.919. The van der Waals surface area contributed by atoms with Crippen molar-refractivity contribution in [1.29, 1.82) is 0 Å². The fraction of sp³-hybridized carbons (Fsp3) is 0.250. The maximum atomic E-state index is 6.37. The summed E-state index contributed by atoms with van der Waals surface area (Å²) in [4.78, 5) is 0. The van der Waals surface area contributed by atoms with Crippen LogP contribution in [0.2, 0.25) is 5.02 Å². The van der Waals surface area contributed by atoms with Crippen molar-refractivity contribution in [2.45, 2.75) is 19.4 Å². The number of likely N-dealkylation sites (N-methyl/N-ethyl adjacent to an activating group) is 1. The molecule has 1 unspecified atom stereocenters. The molecule has 2 aromatic carbocycles. The van der Waals surface area contributed by atoms with Gasteiger partial charge in [-0.25, -0.2) is 0 Å². The van der Waals surface area contributed by atoms with E-state index in [1.54, 1.807) is 0 Å². The predicted octanol–water partition coefficient (Wildman–Crippen LogP) is 5.76. The quantitative estimate of drug-likeness (QED) is 0.652. The lowest BCUT2D eigenvalue weighted by Crippen LogP contribution is -2.23. The Bertz CT molecular complexity index is 569. The van der Waals surface area contributed by atoms with Crippen LogP contribution in [0.4, 0.5) is 0 Å². The monoisotopic (exact) mass is 415 g/mol. The first kappa shape index (κ1) is 16.0. The smallest absolute Gasteiger partial charge is 0.0465 e. The van der Waals surface area contributed by atoms with Crippen LogP contribution < -0.4 is 5.32 Å². The maximum absolute atomic E-state index is 6.37. The molecule has 1 N–H and O–H groups in total. The highest BCUT2D eigenvalue weighted by Crippen LogP contribution is 2.29. The highest BCUT2D eigenvalue weighted by Gasteiger charge is 2.14. The van der Waals surface area contributed by atoms with Crippen LogP contribution in [0.5, 0.6) is 0 Å². The predicted molar refractivity (Wildman–Crippen MR) is 93.4 cm³/mol. The van der Waals surface area contributed by atoms with Gasteiger partial charge in [-0.3, -0.25) is 0 Å². The first-order chi connectivity index (χ1) is 9.60. The van der Waals surface area contributed by atoms with Crippen LogP contribution >= 0.6 is 43.5 Å². The van der Waals surface area contributed by atoms with Gasteiger partial charge in [-0.05, 0) is 48.4 Å². The molecule has 1 nitrogen and oxygen atoms in total. The van der Waals surface area contributed by atoms with E-state index in [9.17, 15) is 0 Å². The summed E-state index contributed by atoms with van der Waals surface area (Å²) < 4.78 is 2.10. The normalized spacial score (nSPS) is 12.4. The number of nitrogens with one attached hydrogen (secondary N) is 1. The Kier molecular flexibility index (Phi) is 6.09. The van der Waals surface area contributed by atoms with Crippen molar-refractivity contribution >= 4 is 43.5 Å². The molecular formula is C16H16Br2ClN. The highest BCUT2D eigenvalue weighted by molar-refractivity contribution is 9.10. The molecule has 0 aliphatic rings. The van der Waals surface area contributed by atoms with Crippen molar-refractivity contribution in [1.82, 2.24) is 5.32 Å². The Morgan fingerprint density at radius 2 is 1.70 bits per heavy atom. The van der Waals surface area contributed by atoms with E-state index in [2.05, 4.69) is 74.4 Å². The number of halogens is 3. The molecule has 106 valence electrons. The standard InChI is InChI=1S/C16H16Br2ClN/c1-2-20-16(9-11-3-5-12(17)6-4-11)14-8-7-13(18)10-15(14)19/h3-8,10,16,20H,2,9H2,1H3. The summed E-state index contributed by atoms with van der Waals surface area (Å²) in [5, 5.41) is 4.30. The van der Waals surface area contributed by atoms with Crippen LogP contribution in [0.15, 0.2) is 51.4 Å². The molecule has 0 radical (unpaired) electrons. The maximum Gasteiger partial charge on any atom is 0.0465 e. The minimum absolute atomic E-state index is 0.224. The third-order valence-corrected chi connectivity index (χ3v) is 4.49. The third-order valence-electron chi connectivity index (χ3n) is 3.14. The minimum Gasteiger partial charge on any atom is -0.310 e. The summed E-state index contributed by atoms with van der Waals surface area (Å²) in [5.41, 5.74) is 2.43.